The van der Waals surface area contributed by atoms with Crippen LogP contribution in [0.1, 0.15) is 74.5 Å². The molecule has 8 atom stereocenters. The zero-order valence-corrected chi connectivity index (χ0v) is 49.5. The van der Waals surface area contributed by atoms with Crippen molar-refractivity contribution < 1.29 is 86.2 Å². The molecule has 6 aliphatic rings. The standard InChI is InChI=1S/2C20H19ClF2O5S.C20H17ClF2O3S/c2*21-13-1-3-14(4-2-13)29(26,27)20-8-7-19(25,11-24)9-12(20)10-28-18-16(23)6-5-15(22)17(18)20;1-12-8-9-20(27(24,25)15-4-2-14(21)3-5-15)13(10-12)11-26-19-17(23)7-6-16(22)18(19)20/h2*1-6,12,24-25H,7-11H2;2-7,13H,1,8-11H2/t12-,19+,20+;12-,19-,20+;13-,20+/m111/s1. The van der Waals surface area contributed by atoms with Crippen LogP contribution in [0.5, 0.6) is 17.2 Å². The topological polar surface area (TPSA) is 211 Å². The molecule has 0 amide bonds. The molecule has 0 radical (unpaired) electrons. The first kappa shape index (κ1) is 62.6. The summed E-state index contributed by atoms with van der Waals surface area (Å²) in [6.45, 7) is 2.34. The number of aliphatic hydroxyl groups excluding tert-OH is 2. The van der Waals surface area contributed by atoms with E-state index in [-0.39, 0.29) is 102 Å². The van der Waals surface area contributed by atoms with Gasteiger partial charge in [-0.3, -0.25) is 0 Å². The molecule has 3 aliphatic heterocycles. The molecule has 25 heteroatoms. The Hall–Kier alpha value is -5.40. The summed E-state index contributed by atoms with van der Waals surface area (Å²) in [6, 6.07) is 22.2. The van der Waals surface area contributed by atoms with Gasteiger partial charge in [-0.15, -0.1) is 0 Å². The second-order valence-electron chi connectivity index (χ2n) is 22.4. The van der Waals surface area contributed by atoms with E-state index in [4.69, 9.17) is 49.0 Å². The first-order valence-electron chi connectivity index (χ1n) is 26.7. The van der Waals surface area contributed by atoms with Crippen molar-refractivity contribution in [1.82, 2.24) is 0 Å². The molecule has 6 aromatic carbocycles. The van der Waals surface area contributed by atoms with Crippen molar-refractivity contribution in [2.75, 3.05) is 33.0 Å². The summed E-state index contributed by atoms with van der Waals surface area (Å²) in [5.41, 5.74) is -3.08. The zero-order valence-electron chi connectivity index (χ0n) is 44.8. The molecule has 85 heavy (non-hydrogen) atoms. The van der Waals surface area contributed by atoms with Gasteiger partial charge in [0.15, 0.2) is 64.2 Å². The second kappa shape index (κ2) is 23.0. The van der Waals surface area contributed by atoms with E-state index in [0.717, 1.165) is 42.0 Å². The Bertz CT molecular complexity index is 3790. The highest BCUT2D eigenvalue weighted by molar-refractivity contribution is 7.93. The Labute approximate surface area is 501 Å². The van der Waals surface area contributed by atoms with E-state index in [1.54, 1.807) is 0 Å². The normalized spacial score (nSPS) is 27.6. The van der Waals surface area contributed by atoms with Crippen LogP contribution in [0.25, 0.3) is 0 Å². The average molecular weight is 1300 g/mol. The van der Waals surface area contributed by atoms with Crippen molar-refractivity contribution in [2.24, 2.45) is 17.8 Å². The van der Waals surface area contributed by atoms with Gasteiger partial charge in [0.1, 0.15) is 31.7 Å². The molecule has 3 fully saturated rings. The lowest BCUT2D eigenvalue weighted by Crippen LogP contribution is -2.57. The van der Waals surface area contributed by atoms with Gasteiger partial charge in [0.2, 0.25) is 0 Å². The molecule has 3 saturated carbocycles. The van der Waals surface area contributed by atoms with E-state index in [9.17, 15) is 63.2 Å². The van der Waals surface area contributed by atoms with Crippen molar-refractivity contribution in [3.63, 3.8) is 0 Å². The Kier molecular flexibility index (Phi) is 16.9. The van der Waals surface area contributed by atoms with E-state index < -0.39 is 132 Å². The molecule has 0 saturated heterocycles. The molecule has 12 rings (SSSR count). The minimum atomic E-state index is -4.25. The first-order valence-corrected chi connectivity index (χ1v) is 32.3. The van der Waals surface area contributed by atoms with E-state index in [1.807, 2.05) is 0 Å². The van der Waals surface area contributed by atoms with E-state index in [1.165, 1.54) is 72.8 Å². The lowest BCUT2D eigenvalue weighted by Gasteiger charge is -2.51. The monoisotopic (exact) mass is 1300 g/mol. The molecule has 3 aliphatic carbocycles. The van der Waals surface area contributed by atoms with Gasteiger partial charge in [-0.1, -0.05) is 47.0 Å². The quantitative estimate of drug-likeness (QED) is 0.0826. The highest BCUT2D eigenvalue weighted by atomic mass is 35.5. The number of hydrogen-bond acceptors (Lipinski definition) is 13. The number of halogens is 9. The number of benzene rings is 6. The van der Waals surface area contributed by atoms with Gasteiger partial charge in [-0.2, -0.15) is 0 Å². The maximum absolute atomic E-state index is 15.0. The molecule has 13 nitrogen and oxygen atoms in total. The fraction of sp³-hybridized carbons (Fsp3) is 0.367. The summed E-state index contributed by atoms with van der Waals surface area (Å²) < 4.78 is 182. The fourth-order valence-corrected chi connectivity index (χ4v) is 20.8. The van der Waals surface area contributed by atoms with Gasteiger partial charge in [0.05, 0.1) is 75.6 Å². The van der Waals surface area contributed by atoms with Crippen molar-refractivity contribution >= 4 is 64.3 Å². The number of hydrogen-bond donors (Lipinski definition) is 4. The Morgan fingerprint density at radius 3 is 1.02 bits per heavy atom. The Morgan fingerprint density at radius 1 is 0.435 bits per heavy atom. The third-order valence-corrected chi connectivity index (χ3v) is 26.2. The number of fused-ring (bicyclic) bond motifs is 9. The van der Waals surface area contributed by atoms with Gasteiger partial charge in [-0.05, 0) is 167 Å². The van der Waals surface area contributed by atoms with Crippen LogP contribution in [0.15, 0.2) is 136 Å². The maximum Gasteiger partial charge on any atom is 0.188 e. The molecular weight excluding hydrogens is 1250 g/mol. The molecule has 0 aromatic heterocycles. The summed E-state index contributed by atoms with van der Waals surface area (Å²) in [4.78, 5) is -0.142. The predicted octanol–water partition coefficient (Wildman–Crippen LogP) is 11.4. The SMILES string of the molecule is C=C1CC[C@@]2(S(=O)(=O)c3ccc(Cl)cc3)c3c(F)ccc(F)c3OC[C@H]2C1.O=S(=O)(c1ccc(Cl)cc1)[C@@]12CC[C@@](O)(CO)C[C@@H]1COc1c(F)ccc(F)c12.O=S(=O)(c1ccc(Cl)cc1)[C@@]12CC[C@](O)(CO)C[C@@H]1COc1c(F)ccc(F)c12. The van der Waals surface area contributed by atoms with E-state index in [0.29, 0.717) is 27.9 Å². The zero-order chi connectivity index (χ0) is 61.5. The smallest absolute Gasteiger partial charge is 0.188 e. The minimum absolute atomic E-state index is 0.0147. The lowest BCUT2D eigenvalue weighted by atomic mass is 9.67. The molecule has 0 bridgehead atoms. The number of sulfone groups is 3. The van der Waals surface area contributed by atoms with E-state index in [2.05, 4.69) is 6.58 Å². The van der Waals surface area contributed by atoms with Crippen molar-refractivity contribution in [2.45, 2.75) is 97.9 Å². The third-order valence-electron chi connectivity index (χ3n) is 17.7. The van der Waals surface area contributed by atoms with E-state index >= 15 is 8.78 Å². The van der Waals surface area contributed by atoms with Gasteiger partial charge < -0.3 is 34.6 Å². The number of rotatable bonds is 8. The summed E-state index contributed by atoms with van der Waals surface area (Å²) in [5, 5.41) is 41.4. The minimum Gasteiger partial charge on any atom is -0.490 e. The van der Waals surface area contributed by atoms with Gasteiger partial charge in [0.25, 0.3) is 0 Å². The van der Waals surface area contributed by atoms with Crippen LogP contribution in [0.2, 0.25) is 15.1 Å². The van der Waals surface area contributed by atoms with Crippen molar-refractivity contribution in [1.29, 1.82) is 0 Å². The van der Waals surface area contributed by atoms with Crippen LogP contribution in [-0.4, -0.2) is 89.9 Å². The summed E-state index contributed by atoms with van der Waals surface area (Å²) in [6.07, 6.45) is 0.0633. The van der Waals surface area contributed by atoms with Crippen LogP contribution in [0.4, 0.5) is 26.3 Å². The van der Waals surface area contributed by atoms with Crippen molar-refractivity contribution in [3.05, 3.63) is 188 Å². The third kappa shape index (κ3) is 10.3. The van der Waals surface area contributed by atoms with Gasteiger partial charge in [-0.25, -0.2) is 51.6 Å². The van der Waals surface area contributed by atoms with Crippen molar-refractivity contribution in [3.8, 4) is 17.2 Å². The molecular formula is C60H55Cl3F6O13S3. The summed E-state index contributed by atoms with van der Waals surface area (Å²) >= 11 is 17.7. The summed E-state index contributed by atoms with van der Waals surface area (Å²) in [7, 11) is -12.6. The first-order chi connectivity index (χ1) is 40.1. The highest BCUT2D eigenvalue weighted by Gasteiger charge is 2.64. The number of allylic oxidation sites excluding steroid dienone is 1. The van der Waals surface area contributed by atoms with Crippen LogP contribution in [0.3, 0.4) is 0 Å². The Morgan fingerprint density at radius 2 is 0.718 bits per heavy atom. The van der Waals surface area contributed by atoms with Crippen LogP contribution in [-0.2, 0) is 43.8 Å². The average Bonchev–Trinajstić information content (AvgIpc) is 0.792. The molecule has 454 valence electrons. The van der Waals surface area contributed by atoms with Gasteiger partial charge >= 0.3 is 0 Å². The number of aliphatic hydroxyl groups is 4. The fourth-order valence-electron chi connectivity index (χ4n) is 13.4. The lowest BCUT2D eigenvalue weighted by molar-refractivity contribution is -0.0786. The van der Waals surface area contributed by atoms with Crippen LogP contribution >= 0.6 is 34.8 Å². The largest absolute Gasteiger partial charge is 0.490 e. The molecule has 6 aromatic rings. The predicted molar refractivity (Wildman–Crippen MR) is 302 cm³/mol. The molecule has 3 heterocycles. The molecule has 0 spiro atoms. The maximum atomic E-state index is 15.0. The van der Waals surface area contributed by atoms with Crippen LogP contribution in [0, 0.1) is 52.7 Å². The summed E-state index contributed by atoms with van der Waals surface area (Å²) in [5.74, 6) is -8.52. The number of ether oxygens (including phenoxy) is 3. The molecule has 0 unspecified atom stereocenters. The second-order valence-corrected chi connectivity index (χ2v) is 30.3. The Balaban J connectivity index is 0.000000142. The highest BCUT2D eigenvalue weighted by Crippen LogP contribution is 2.61. The molecule has 4 N–H and O–H groups in total. The van der Waals surface area contributed by atoms with Gasteiger partial charge in [0, 0.05) is 32.8 Å². The van der Waals surface area contributed by atoms with Crippen LogP contribution < -0.4 is 14.2 Å².